The molecular formula is C48H55FN8O11. The summed E-state index contributed by atoms with van der Waals surface area (Å²) in [5.41, 5.74) is 6.69. The molecule has 0 unspecified atom stereocenters. The lowest BCUT2D eigenvalue weighted by atomic mass is 9.81. The Morgan fingerprint density at radius 1 is 1.03 bits per heavy atom. The number of aliphatic hydroxyl groups is 1. The van der Waals surface area contributed by atoms with Gasteiger partial charge in [0.25, 0.3) is 5.56 Å². The Hall–Kier alpha value is -7.22. The zero-order valence-corrected chi connectivity index (χ0v) is 38.5. The Kier molecular flexibility index (Phi) is 14.0. The van der Waals surface area contributed by atoms with Crippen molar-refractivity contribution in [3.05, 3.63) is 97.6 Å². The summed E-state index contributed by atoms with van der Waals surface area (Å²) in [7, 11) is 0. The minimum absolute atomic E-state index is 0.0105. The van der Waals surface area contributed by atoms with Crippen molar-refractivity contribution in [2.75, 3.05) is 26.2 Å². The van der Waals surface area contributed by atoms with E-state index in [1.807, 2.05) is 0 Å². The second-order valence-corrected chi connectivity index (χ2v) is 18.2. The Bertz CT molecular complexity index is 2790. The van der Waals surface area contributed by atoms with Crippen molar-refractivity contribution < 1.29 is 52.5 Å². The molecular weight excluding hydrogens is 884 g/mol. The van der Waals surface area contributed by atoms with Gasteiger partial charge in [-0.15, -0.1) is 0 Å². The van der Waals surface area contributed by atoms with Crippen LogP contribution in [0.1, 0.15) is 98.4 Å². The quantitative estimate of drug-likeness (QED) is 0.0777. The first-order valence-corrected chi connectivity index (χ1v) is 22.4. The van der Waals surface area contributed by atoms with Crippen LogP contribution in [0.5, 0.6) is 0 Å². The molecule has 360 valence electrons. The van der Waals surface area contributed by atoms with Gasteiger partial charge in [-0.3, -0.25) is 28.8 Å². The lowest BCUT2D eigenvalue weighted by molar-refractivity contribution is -0.172. The molecule has 4 heterocycles. The molecule has 2 aromatic heterocycles. The smallest absolute Gasteiger partial charge is 0.408 e. The minimum Gasteiger partial charge on any atom is -0.458 e. The van der Waals surface area contributed by atoms with Gasteiger partial charge in [0.2, 0.25) is 29.5 Å². The van der Waals surface area contributed by atoms with Crippen LogP contribution >= 0.6 is 0 Å². The summed E-state index contributed by atoms with van der Waals surface area (Å²) < 4.78 is 27.3. The number of nitrogens with one attached hydrogen (secondary N) is 4. The highest BCUT2D eigenvalue weighted by Crippen LogP contribution is 2.46. The number of esters is 1. The number of amides is 6. The van der Waals surface area contributed by atoms with Crippen LogP contribution < -0.4 is 32.6 Å². The summed E-state index contributed by atoms with van der Waals surface area (Å²) in [5, 5.41) is 22.5. The van der Waals surface area contributed by atoms with E-state index in [-0.39, 0.29) is 56.5 Å². The largest absolute Gasteiger partial charge is 0.458 e. The first kappa shape index (κ1) is 48.7. The predicted octanol–water partition coefficient (Wildman–Crippen LogP) is 2.09. The number of cyclic esters (lactones) is 1. The van der Waals surface area contributed by atoms with Crippen molar-refractivity contribution in [2.45, 2.75) is 110 Å². The summed E-state index contributed by atoms with van der Waals surface area (Å²) in [4.78, 5) is 111. The van der Waals surface area contributed by atoms with E-state index in [0.717, 1.165) is 10.5 Å². The van der Waals surface area contributed by atoms with Crippen LogP contribution in [0.3, 0.4) is 0 Å². The Labute approximate surface area is 390 Å². The van der Waals surface area contributed by atoms with Gasteiger partial charge in [0.15, 0.2) is 5.60 Å². The summed E-state index contributed by atoms with van der Waals surface area (Å²) in [6.07, 6.45) is -0.116. The number of benzene rings is 2. The summed E-state index contributed by atoms with van der Waals surface area (Å²) >= 11 is 0. The first-order valence-electron chi connectivity index (χ1n) is 22.4. The maximum atomic E-state index is 15.4. The van der Waals surface area contributed by atoms with Crippen LogP contribution in [-0.2, 0) is 69.8 Å². The molecule has 7 N–H and O–H groups in total. The minimum atomic E-state index is -2.05. The second kappa shape index (κ2) is 19.6. The van der Waals surface area contributed by atoms with Gasteiger partial charge in [-0.1, -0.05) is 37.3 Å². The van der Waals surface area contributed by atoms with Gasteiger partial charge in [-0.25, -0.2) is 19.0 Å². The Morgan fingerprint density at radius 3 is 2.44 bits per heavy atom. The molecule has 3 aliphatic rings. The van der Waals surface area contributed by atoms with Crippen LogP contribution in [0.4, 0.5) is 9.18 Å². The number of hydrogen-bond acceptors (Lipinski definition) is 12. The van der Waals surface area contributed by atoms with E-state index in [4.69, 9.17) is 20.2 Å². The van der Waals surface area contributed by atoms with Crippen molar-refractivity contribution in [3.63, 3.8) is 0 Å². The number of alkyl carbamates (subject to hydrolysis) is 1. The number of fused-ring (bicyclic) bond motifs is 5. The average molecular weight is 939 g/mol. The molecule has 3 atom stereocenters. The fraction of sp³-hybridized carbons (Fsp3) is 0.438. The lowest BCUT2D eigenvalue weighted by Gasteiger charge is -2.31. The molecule has 1 aliphatic carbocycles. The van der Waals surface area contributed by atoms with Crippen LogP contribution in [0.25, 0.3) is 22.3 Å². The number of aryl methyl sites for hydroxylation is 1. The maximum absolute atomic E-state index is 15.4. The lowest BCUT2D eigenvalue weighted by Crippen LogP contribution is -2.53. The second-order valence-electron chi connectivity index (χ2n) is 18.2. The average Bonchev–Trinajstić information content (AvgIpc) is 3.65. The van der Waals surface area contributed by atoms with Gasteiger partial charge in [0.1, 0.15) is 30.6 Å². The molecule has 0 saturated carbocycles. The third-order valence-electron chi connectivity index (χ3n) is 12.4. The van der Waals surface area contributed by atoms with Crippen LogP contribution in [0, 0.1) is 12.7 Å². The van der Waals surface area contributed by atoms with Crippen molar-refractivity contribution in [3.8, 4) is 11.4 Å². The summed E-state index contributed by atoms with van der Waals surface area (Å²) in [6, 6.07) is 9.85. The molecule has 68 heavy (non-hydrogen) atoms. The van der Waals surface area contributed by atoms with E-state index in [0.29, 0.717) is 57.4 Å². The van der Waals surface area contributed by atoms with E-state index in [9.17, 15) is 43.5 Å². The topological polar surface area (TPSA) is 270 Å². The van der Waals surface area contributed by atoms with Gasteiger partial charge in [-0.2, -0.15) is 0 Å². The number of carbonyl (C=O) groups excluding carboxylic acids is 7. The summed E-state index contributed by atoms with van der Waals surface area (Å²) in [5.74, 6) is -4.65. The number of halogens is 1. The number of pyridine rings is 2. The van der Waals surface area contributed by atoms with Gasteiger partial charge in [-0.05, 0) is 81.7 Å². The molecule has 0 saturated heterocycles. The third kappa shape index (κ3) is 10.2. The monoisotopic (exact) mass is 938 g/mol. The number of rotatable bonds is 16. The normalized spacial score (nSPS) is 17.2. The van der Waals surface area contributed by atoms with Crippen molar-refractivity contribution >= 4 is 52.5 Å². The molecule has 0 spiro atoms. The predicted molar refractivity (Wildman–Crippen MR) is 243 cm³/mol. The van der Waals surface area contributed by atoms with Crippen molar-refractivity contribution in [2.24, 2.45) is 5.73 Å². The van der Waals surface area contributed by atoms with Gasteiger partial charge in [0, 0.05) is 42.0 Å². The highest BCUT2D eigenvalue weighted by molar-refractivity contribution is 5.95. The molecule has 7 rings (SSSR count). The molecule has 0 bridgehead atoms. The molecule has 2 aliphatic heterocycles. The zero-order valence-electron chi connectivity index (χ0n) is 38.5. The number of primary amides is 1. The molecule has 0 fully saturated rings. The van der Waals surface area contributed by atoms with Crippen LogP contribution in [0.2, 0.25) is 0 Å². The van der Waals surface area contributed by atoms with Crippen LogP contribution in [-0.4, -0.2) is 99.0 Å². The number of nitrogens with two attached hydrogens (primary N) is 1. The van der Waals surface area contributed by atoms with Gasteiger partial charge >= 0.3 is 12.1 Å². The number of aromatic nitrogens is 2. The standard InChI is InChI=1S/C48H55FN8O11/c1-6-48(66)30-18-35-42-28(22-57(35)43(62)29(30)24-67-45(48)64)41-32(15-14-27-25(2)31(49)19-33(55-42)40(27)41)53-37(59)13-10-16-56(23-36(50)58)44(63)34(17-26-11-8-7-9-12-26)54-39(61)21-51-38(60)20-52-46(65)68-47(3,4)5/h7-9,11-12,18-19,32,34,66H,6,10,13-17,20-24H2,1-5H3,(H2,50,58)(H,51,60)(H,52,65)(H,53,59)(H,54,61)/t32-,34-,48-/m0/s1. The highest BCUT2D eigenvalue weighted by Gasteiger charge is 2.46. The van der Waals surface area contributed by atoms with Crippen molar-refractivity contribution in [1.82, 2.24) is 35.7 Å². The SMILES string of the molecule is CC[C@@]1(O)C(=O)OCc2c1cc1n(c2=O)Cc2c-1nc1cc(F)c(C)c3c1c2[C@@H](NC(=O)CCCN(CC(N)=O)C(=O)[C@H](Cc1ccccc1)NC(=O)CNC(=O)CNC(=O)OC(C)(C)C)CC3. The highest BCUT2D eigenvalue weighted by atomic mass is 19.1. The van der Waals surface area contributed by atoms with E-state index < -0.39 is 95.9 Å². The maximum Gasteiger partial charge on any atom is 0.408 e. The fourth-order valence-corrected chi connectivity index (χ4v) is 9.07. The fourth-order valence-electron chi connectivity index (χ4n) is 9.07. The van der Waals surface area contributed by atoms with E-state index in [1.165, 1.54) is 10.6 Å². The Balaban J connectivity index is 1.07. The molecule has 4 aromatic rings. The first-order chi connectivity index (χ1) is 32.2. The molecule has 19 nitrogen and oxygen atoms in total. The zero-order chi connectivity index (χ0) is 49.2. The van der Waals surface area contributed by atoms with Gasteiger partial charge in [0.05, 0.1) is 48.1 Å². The van der Waals surface area contributed by atoms with Crippen molar-refractivity contribution in [1.29, 1.82) is 0 Å². The van der Waals surface area contributed by atoms with Gasteiger partial charge < -0.3 is 51.0 Å². The van der Waals surface area contributed by atoms with E-state index >= 15 is 4.39 Å². The number of hydrogen-bond donors (Lipinski definition) is 6. The van der Waals surface area contributed by atoms with E-state index in [1.54, 1.807) is 71.0 Å². The number of ether oxygens (including phenoxy) is 2. The molecule has 6 amide bonds. The molecule has 20 heteroatoms. The molecule has 2 aromatic carbocycles. The Morgan fingerprint density at radius 2 is 1.75 bits per heavy atom. The molecule has 0 radical (unpaired) electrons. The summed E-state index contributed by atoms with van der Waals surface area (Å²) in [6.45, 7) is 6.36. The van der Waals surface area contributed by atoms with Crippen LogP contribution in [0.15, 0.2) is 47.3 Å². The third-order valence-corrected chi connectivity index (χ3v) is 12.4. The number of carbonyl (C=O) groups is 7. The number of nitrogens with zero attached hydrogens (tertiary/aromatic N) is 3. The van der Waals surface area contributed by atoms with E-state index in [2.05, 4.69) is 21.3 Å².